The fraction of sp³-hybridized carbons (Fsp3) is 0.462. The van der Waals surface area contributed by atoms with Gasteiger partial charge in [-0.1, -0.05) is 6.92 Å². The first-order chi connectivity index (χ1) is 10.1. The van der Waals surface area contributed by atoms with Gasteiger partial charge in [0.15, 0.2) is 0 Å². The Bertz CT molecular complexity index is 710. The Morgan fingerprint density at radius 1 is 1.41 bits per heavy atom. The van der Waals surface area contributed by atoms with Gasteiger partial charge < -0.3 is 5.32 Å². The number of rotatable bonds is 5. The van der Waals surface area contributed by atoms with E-state index < -0.39 is 22.7 Å². The van der Waals surface area contributed by atoms with Crippen molar-refractivity contribution in [3.63, 3.8) is 0 Å². The average Bonchev–Trinajstić information content (AvgIpc) is 3.11. The predicted molar refractivity (Wildman–Crippen MR) is 73.6 cm³/mol. The van der Waals surface area contributed by atoms with E-state index in [0.717, 1.165) is 12.5 Å². The molecule has 1 saturated carbocycles. The first kappa shape index (κ1) is 16.6. The molecule has 2 atom stereocenters. The molecule has 5 nitrogen and oxygen atoms in total. The van der Waals surface area contributed by atoms with Gasteiger partial charge in [-0.2, -0.15) is 18.4 Å². The summed E-state index contributed by atoms with van der Waals surface area (Å²) in [6.07, 6.45) is -3.69. The molecule has 120 valence electrons. The highest BCUT2D eigenvalue weighted by atomic mass is 32.2. The lowest BCUT2D eigenvalue weighted by Crippen LogP contribution is -2.33. The summed E-state index contributed by atoms with van der Waals surface area (Å²) in [5.41, 5.74) is 0.556. The van der Waals surface area contributed by atoms with Crippen LogP contribution >= 0.6 is 0 Å². The van der Waals surface area contributed by atoms with Crippen LogP contribution < -0.4 is 10.0 Å². The second-order valence-corrected chi connectivity index (χ2v) is 6.99. The summed E-state index contributed by atoms with van der Waals surface area (Å²) < 4.78 is 61.4. The van der Waals surface area contributed by atoms with Crippen molar-refractivity contribution in [2.24, 2.45) is 5.92 Å². The maximum atomic E-state index is 12.1. The van der Waals surface area contributed by atoms with E-state index in [2.05, 4.69) is 5.32 Å². The van der Waals surface area contributed by atoms with Gasteiger partial charge in [0.25, 0.3) is 0 Å². The Hall–Kier alpha value is -1.79. The van der Waals surface area contributed by atoms with E-state index in [9.17, 15) is 21.6 Å². The lowest BCUT2D eigenvalue weighted by Gasteiger charge is -2.12. The van der Waals surface area contributed by atoms with E-state index in [4.69, 9.17) is 5.26 Å². The minimum absolute atomic E-state index is 0.0778. The summed E-state index contributed by atoms with van der Waals surface area (Å²) >= 11 is 0. The van der Waals surface area contributed by atoms with Crippen LogP contribution in [0.3, 0.4) is 0 Å². The van der Waals surface area contributed by atoms with Crippen LogP contribution in [-0.4, -0.2) is 27.2 Å². The molecule has 2 rings (SSSR count). The van der Waals surface area contributed by atoms with E-state index >= 15 is 0 Å². The molecule has 0 spiro atoms. The minimum Gasteiger partial charge on any atom is -0.381 e. The number of benzene rings is 1. The standard InChI is InChI=1S/C13H14F3N3O2S/c1-8-4-12(8)19-11-3-2-10(5-9(11)6-17)22(20,21)18-7-13(14,15)16/h2-3,5,8,12,18-19H,4,7H2,1H3/t8-,12-/m1/s1. The normalized spacial score (nSPS) is 21.2. The molecule has 1 aromatic rings. The quantitative estimate of drug-likeness (QED) is 0.866. The number of sulfonamides is 1. The van der Waals surface area contributed by atoms with Crippen LogP contribution in [0.15, 0.2) is 23.1 Å². The summed E-state index contributed by atoms with van der Waals surface area (Å²) in [7, 11) is -4.32. The highest BCUT2D eigenvalue weighted by Crippen LogP contribution is 2.34. The largest absolute Gasteiger partial charge is 0.402 e. The van der Waals surface area contributed by atoms with Crippen molar-refractivity contribution < 1.29 is 21.6 Å². The smallest absolute Gasteiger partial charge is 0.381 e. The van der Waals surface area contributed by atoms with Crippen LogP contribution in [0.25, 0.3) is 0 Å². The fourth-order valence-electron chi connectivity index (χ4n) is 1.89. The van der Waals surface area contributed by atoms with Gasteiger partial charge in [-0.3, -0.25) is 0 Å². The Balaban J connectivity index is 2.20. The fourth-order valence-corrected chi connectivity index (χ4v) is 2.93. The predicted octanol–water partition coefficient (Wildman–Crippen LogP) is 2.22. The van der Waals surface area contributed by atoms with Crippen LogP contribution in [0.1, 0.15) is 18.9 Å². The molecule has 0 aromatic heterocycles. The number of anilines is 1. The van der Waals surface area contributed by atoms with Gasteiger partial charge in [0.1, 0.15) is 12.6 Å². The molecule has 0 radical (unpaired) electrons. The lowest BCUT2D eigenvalue weighted by atomic mass is 10.2. The third-order valence-electron chi connectivity index (χ3n) is 3.33. The van der Waals surface area contributed by atoms with E-state index in [1.807, 2.05) is 13.0 Å². The monoisotopic (exact) mass is 333 g/mol. The Morgan fingerprint density at radius 2 is 2.05 bits per heavy atom. The summed E-state index contributed by atoms with van der Waals surface area (Å²) in [5.74, 6) is 0.475. The Labute approximate surface area is 126 Å². The highest BCUT2D eigenvalue weighted by Gasteiger charge is 2.33. The van der Waals surface area contributed by atoms with Gasteiger partial charge >= 0.3 is 6.18 Å². The summed E-state index contributed by atoms with van der Waals surface area (Å²) in [6, 6.07) is 5.72. The SMILES string of the molecule is C[C@@H]1C[C@H]1Nc1ccc(S(=O)(=O)NCC(F)(F)F)cc1C#N. The van der Waals surface area contributed by atoms with Crippen molar-refractivity contribution in [1.82, 2.24) is 4.72 Å². The zero-order valence-corrected chi connectivity index (χ0v) is 12.4. The van der Waals surface area contributed by atoms with Crippen molar-refractivity contribution in [2.45, 2.75) is 30.5 Å². The number of hydrogen-bond donors (Lipinski definition) is 2. The number of nitrogens with zero attached hydrogens (tertiary/aromatic N) is 1. The molecule has 1 aliphatic rings. The number of nitrogens with one attached hydrogen (secondary N) is 2. The van der Waals surface area contributed by atoms with Crippen LogP contribution in [0.5, 0.6) is 0 Å². The van der Waals surface area contributed by atoms with Gasteiger partial charge in [0.2, 0.25) is 10.0 Å². The first-order valence-electron chi connectivity index (χ1n) is 6.49. The number of nitriles is 1. The molecule has 0 unspecified atom stereocenters. The van der Waals surface area contributed by atoms with Crippen LogP contribution in [0.4, 0.5) is 18.9 Å². The van der Waals surface area contributed by atoms with Crippen molar-refractivity contribution in [3.8, 4) is 6.07 Å². The summed E-state index contributed by atoms with van der Waals surface area (Å²) in [4.78, 5) is -0.373. The van der Waals surface area contributed by atoms with E-state index in [1.54, 1.807) is 0 Å². The first-order valence-corrected chi connectivity index (χ1v) is 7.98. The molecule has 0 bridgehead atoms. The van der Waals surface area contributed by atoms with E-state index in [0.29, 0.717) is 11.6 Å². The van der Waals surface area contributed by atoms with Crippen LogP contribution in [0.2, 0.25) is 0 Å². The second kappa shape index (κ2) is 5.78. The molecule has 0 saturated heterocycles. The molecule has 2 N–H and O–H groups in total. The van der Waals surface area contributed by atoms with Gasteiger partial charge in [-0.05, 0) is 30.5 Å². The molecule has 0 heterocycles. The topological polar surface area (TPSA) is 82.0 Å². The number of alkyl halides is 3. The van der Waals surface area contributed by atoms with Gasteiger partial charge in [-0.25, -0.2) is 13.1 Å². The second-order valence-electron chi connectivity index (χ2n) is 5.22. The molecule has 22 heavy (non-hydrogen) atoms. The highest BCUT2D eigenvalue weighted by molar-refractivity contribution is 7.89. The van der Waals surface area contributed by atoms with Crippen molar-refractivity contribution in [3.05, 3.63) is 23.8 Å². The number of halogens is 3. The zero-order valence-electron chi connectivity index (χ0n) is 11.6. The lowest BCUT2D eigenvalue weighted by molar-refractivity contribution is -0.121. The molecule has 9 heteroatoms. The molecule has 1 fully saturated rings. The number of hydrogen-bond acceptors (Lipinski definition) is 4. The molecule has 1 aliphatic carbocycles. The van der Waals surface area contributed by atoms with E-state index in [-0.39, 0.29) is 16.5 Å². The molecular formula is C13H14F3N3O2S. The maximum absolute atomic E-state index is 12.1. The molecule has 0 aliphatic heterocycles. The Morgan fingerprint density at radius 3 is 2.55 bits per heavy atom. The minimum atomic E-state index is -4.64. The molecule has 0 amide bonds. The van der Waals surface area contributed by atoms with Crippen molar-refractivity contribution in [2.75, 3.05) is 11.9 Å². The third kappa shape index (κ3) is 4.11. The maximum Gasteiger partial charge on any atom is 0.402 e. The molecular weight excluding hydrogens is 319 g/mol. The van der Waals surface area contributed by atoms with Crippen molar-refractivity contribution >= 4 is 15.7 Å². The van der Waals surface area contributed by atoms with E-state index in [1.165, 1.54) is 16.9 Å². The van der Waals surface area contributed by atoms with Gasteiger partial charge in [-0.15, -0.1) is 0 Å². The van der Waals surface area contributed by atoms with Crippen LogP contribution in [-0.2, 0) is 10.0 Å². The molecule has 1 aromatic carbocycles. The van der Waals surface area contributed by atoms with Gasteiger partial charge in [0.05, 0.1) is 16.1 Å². The zero-order chi connectivity index (χ0) is 16.5. The summed E-state index contributed by atoms with van der Waals surface area (Å²) in [6.45, 7) is 0.375. The van der Waals surface area contributed by atoms with Crippen molar-refractivity contribution in [1.29, 1.82) is 5.26 Å². The average molecular weight is 333 g/mol. The van der Waals surface area contributed by atoms with Crippen LogP contribution in [0, 0.1) is 17.2 Å². The van der Waals surface area contributed by atoms with Gasteiger partial charge in [0, 0.05) is 6.04 Å². The third-order valence-corrected chi connectivity index (χ3v) is 4.73. The summed E-state index contributed by atoms with van der Waals surface area (Å²) in [5, 5.41) is 12.2. The Kier molecular flexibility index (Phi) is 4.35.